The van der Waals surface area contributed by atoms with Crippen LogP contribution >= 0.6 is 0 Å². The van der Waals surface area contributed by atoms with Gasteiger partial charge in [0.1, 0.15) is 29.3 Å². The number of amides is 2. The Bertz CT molecular complexity index is 1340. The Morgan fingerprint density at radius 1 is 1.11 bits per heavy atom. The lowest BCUT2D eigenvalue weighted by Crippen LogP contribution is -2.45. The molecule has 2 aromatic heterocycles. The topological polar surface area (TPSA) is 102 Å². The number of hydrogen-bond acceptors (Lipinski definition) is 6. The van der Waals surface area contributed by atoms with Crippen LogP contribution in [0.4, 0.5) is 5.69 Å². The smallest absolute Gasteiger partial charge is 0.251 e. The molecule has 1 atom stereocenters. The van der Waals surface area contributed by atoms with Crippen molar-refractivity contribution in [3.05, 3.63) is 72.2 Å². The Morgan fingerprint density at radius 2 is 1.92 bits per heavy atom. The lowest BCUT2D eigenvalue weighted by Gasteiger charge is -2.30. The normalized spacial score (nSPS) is 12.0. The molecule has 2 heterocycles. The second kappa shape index (κ2) is 11.1. The van der Waals surface area contributed by atoms with E-state index >= 15 is 0 Å². The van der Waals surface area contributed by atoms with Crippen LogP contribution < -0.4 is 15.0 Å². The van der Waals surface area contributed by atoms with Gasteiger partial charge in [0.2, 0.25) is 5.91 Å². The van der Waals surface area contributed by atoms with Crippen molar-refractivity contribution in [2.75, 3.05) is 18.6 Å². The molecule has 4 rings (SSSR count). The molecule has 0 aliphatic rings. The number of anilines is 1. The molecule has 0 radical (unpaired) electrons. The zero-order valence-electron chi connectivity index (χ0n) is 21.0. The summed E-state index contributed by atoms with van der Waals surface area (Å²) in [6.07, 6.45) is 0.813. The predicted molar refractivity (Wildman–Crippen MR) is 137 cm³/mol. The molecule has 0 saturated carbocycles. The van der Waals surface area contributed by atoms with Crippen LogP contribution in [0, 0.1) is 12.8 Å². The number of carbonyl (C=O) groups excluding carboxylic acids is 2. The highest BCUT2D eigenvalue weighted by Gasteiger charge is 2.35. The maximum atomic E-state index is 13.9. The van der Waals surface area contributed by atoms with E-state index in [-0.39, 0.29) is 18.4 Å². The number of fused-ring (bicyclic) bond motifs is 1. The van der Waals surface area contributed by atoms with Crippen molar-refractivity contribution in [2.24, 2.45) is 5.92 Å². The number of rotatable bonds is 10. The van der Waals surface area contributed by atoms with Gasteiger partial charge >= 0.3 is 0 Å². The monoisotopic (exact) mass is 489 g/mol. The zero-order valence-corrected chi connectivity index (χ0v) is 21.0. The standard InChI is InChI=1S/C27H31N5O4/c1-18(2)14-15-28-27(34)26(24-13-12-19(3)36-24)32(20-8-7-9-21(16-20)35-4)25(33)17-31-23-11-6-5-10-22(23)29-30-31/h5-13,16,18,26H,14-15,17H2,1-4H3,(H,28,34). The van der Waals surface area contributed by atoms with Crippen molar-refractivity contribution in [1.29, 1.82) is 0 Å². The molecule has 0 fully saturated rings. The van der Waals surface area contributed by atoms with Gasteiger partial charge in [-0.15, -0.1) is 5.10 Å². The summed E-state index contributed by atoms with van der Waals surface area (Å²) in [6.45, 7) is 6.35. The number of aryl methyl sites for hydroxylation is 1. The van der Waals surface area contributed by atoms with Gasteiger partial charge in [-0.2, -0.15) is 0 Å². The first kappa shape index (κ1) is 25.0. The summed E-state index contributed by atoms with van der Waals surface area (Å²) in [5.41, 5.74) is 1.91. The van der Waals surface area contributed by atoms with Crippen LogP contribution in [-0.2, 0) is 16.1 Å². The van der Waals surface area contributed by atoms with Crippen LogP contribution in [0.15, 0.2) is 65.1 Å². The maximum Gasteiger partial charge on any atom is 0.251 e. The van der Waals surface area contributed by atoms with E-state index in [1.807, 2.05) is 24.3 Å². The third-order valence-electron chi connectivity index (χ3n) is 5.86. The molecule has 36 heavy (non-hydrogen) atoms. The van der Waals surface area contributed by atoms with Gasteiger partial charge < -0.3 is 14.5 Å². The minimum Gasteiger partial charge on any atom is -0.497 e. The second-order valence-electron chi connectivity index (χ2n) is 9.03. The van der Waals surface area contributed by atoms with E-state index in [0.29, 0.717) is 40.9 Å². The first-order valence-corrected chi connectivity index (χ1v) is 12.0. The molecule has 9 nitrogen and oxygen atoms in total. The summed E-state index contributed by atoms with van der Waals surface area (Å²) in [7, 11) is 1.55. The Morgan fingerprint density at radius 3 is 2.64 bits per heavy atom. The molecule has 2 amide bonds. The number of benzene rings is 2. The summed E-state index contributed by atoms with van der Waals surface area (Å²) in [5.74, 6) is 1.32. The zero-order chi connectivity index (χ0) is 25.7. The largest absolute Gasteiger partial charge is 0.497 e. The van der Waals surface area contributed by atoms with Gasteiger partial charge in [0, 0.05) is 18.3 Å². The SMILES string of the molecule is COc1cccc(N(C(=O)Cn2nnc3ccccc32)C(C(=O)NCCC(C)C)c2ccc(C)o2)c1. The molecular weight excluding hydrogens is 458 g/mol. The molecular formula is C27H31N5O4. The number of para-hydroxylation sites is 1. The number of aromatic nitrogens is 3. The lowest BCUT2D eigenvalue weighted by molar-refractivity contribution is -0.127. The van der Waals surface area contributed by atoms with Crippen molar-refractivity contribution in [2.45, 2.75) is 39.8 Å². The van der Waals surface area contributed by atoms with Gasteiger partial charge in [-0.3, -0.25) is 14.5 Å². The molecule has 1 unspecified atom stereocenters. The van der Waals surface area contributed by atoms with Crippen molar-refractivity contribution >= 4 is 28.5 Å². The van der Waals surface area contributed by atoms with Crippen LogP contribution in [0.3, 0.4) is 0 Å². The Kier molecular flexibility index (Phi) is 7.68. The molecule has 0 saturated heterocycles. The van der Waals surface area contributed by atoms with E-state index in [2.05, 4.69) is 29.5 Å². The van der Waals surface area contributed by atoms with Crippen molar-refractivity contribution in [1.82, 2.24) is 20.3 Å². The quantitative estimate of drug-likeness (QED) is 0.357. The molecule has 0 aliphatic heterocycles. The number of ether oxygens (including phenoxy) is 1. The molecule has 0 spiro atoms. The maximum absolute atomic E-state index is 13.9. The van der Waals surface area contributed by atoms with E-state index < -0.39 is 6.04 Å². The summed E-state index contributed by atoms with van der Waals surface area (Å²) in [6, 6.07) is 16.9. The van der Waals surface area contributed by atoms with E-state index in [1.54, 1.807) is 50.4 Å². The summed E-state index contributed by atoms with van der Waals surface area (Å²) >= 11 is 0. The third-order valence-corrected chi connectivity index (χ3v) is 5.86. The van der Waals surface area contributed by atoms with Crippen LogP contribution in [0.5, 0.6) is 5.75 Å². The number of hydrogen-bond donors (Lipinski definition) is 1. The highest BCUT2D eigenvalue weighted by Crippen LogP contribution is 2.32. The van der Waals surface area contributed by atoms with Gasteiger partial charge in [-0.1, -0.05) is 37.3 Å². The van der Waals surface area contributed by atoms with Crippen LogP contribution in [0.1, 0.15) is 37.8 Å². The summed E-state index contributed by atoms with van der Waals surface area (Å²) in [4.78, 5) is 29.0. The summed E-state index contributed by atoms with van der Waals surface area (Å²) < 4.78 is 12.8. The minimum atomic E-state index is -1.03. The number of nitrogens with one attached hydrogen (secondary N) is 1. The van der Waals surface area contributed by atoms with E-state index in [9.17, 15) is 9.59 Å². The van der Waals surface area contributed by atoms with Crippen LogP contribution in [-0.4, -0.2) is 40.5 Å². The first-order valence-electron chi connectivity index (χ1n) is 12.0. The highest BCUT2D eigenvalue weighted by molar-refractivity contribution is 6.01. The van der Waals surface area contributed by atoms with Crippen molar-refractivity contribution in [3.63, 3.8) is 0 Å². The van der Waals surface area contributed by atoms with Crippen LogP contribution in [0.25, 0.3) is 11.0 Å². The van der Waals surface area contributed by atoms with E-state index in [1.165, 1.54) is 9.58 Å². The van der Waals surface area contributed by atoms with E-state index in [0.717, 1.165) is 11.9 Å². The Balaban J connectivity index is 1.76. The fraction of sp³-hybridized carbons (Fsp3) is 0.333. The summed E-state index contributed by atoms with van der Waals surface area (Å²) in [5, 5.41) is 11.3. The molecule has 188 valence electrons. The minimum absolute atomic E-state index is 0.118. The Labute approximate surface area is 210 Å². The second-order valence-corrected chi connectivity index (χ2v) is 9.03. The first-order chi connectivity index (χ1) is 17.4. The number of methoxy groups -OCH3 is 1. The molecule has 9 heteroatoms. The highest BCUT2D eigenvalue weighted by atomic mass is 16.5. The average molecular weight is 490 g/mol. The Hall–Kier alpha value is -4.14. The van der Waals surface area contributed by atoms with Gasteiger partial charge in [-0.25, -0.2) is 4.68 Å². The molecule has 0 bridgehead atoms. The number of furan rings is 1. The van der Waals surface area contributed by atoms with Gasteiger partial charge in [0.15, 0.2) is 6.04 Å². The predicted octanol–water partition coefficient (Wildman–Crippen LogP) is 4.28. The molecule has 2 aromatic carbocycles. The van der Waals surface area contributed by atoms with E-state index in [4.69, 9.17) is 9.15 Å². The molecule has 0 aliphatic carbocycles. The van der Waals surface area contributed by atoms with Crippen molar-refractivity contribution < 1.29 is 18.7 Å². The number of nitrogens with zero attached hydrogens (tertiary/aromatic N) is 4. The molecule has 4 aromatic rings. The number of carbonyl (C=O) groups is 2. The van der Waals surface area contributed by atoms with Gasteiger partial charge in [0.05, 0.1) is 12.6 Å². The van der Waals surface area contributed by atoms with Gasteiger partial charge in [0.25, 0.3) is 5.91 Å². The van der Waals surface area contributed by atoms with Crippen LogP contribution in [0.2, 0.25) is 0 Å². The third kappa shape index (κ3) is 5.56. The molecule has 1 N–H and O–H groups in total. The average Bonchev–Trinajstić information content (AvgIpc) is 3.48. The van der Waals surface area contributed by atoms with Gasteiger partial charge in [-0.05, 0) is 55.7 Å². The fourth-order valence-corrected chi connectivity index (χ4v) is 3.99. The lowest BCUT2D eigenvalue weighted by atomic mass is 10.1. The fourth-order valence-electron chi connectivity index (χ4n) is 3.99. The van der Waals surface area contributed by atoms with Crippen molar-refractivity contribution in [3.8, 4) is 5.75 Å².